The maximum absolute atomic E-state index is 5.93. The summed E-state index contributed by atoms with van der Waals surface area (Å²) in [6, 6.07) is 16.0. The van der Waals surface area contributed by atoms with Crippen LogP contribution in [0.5, 0.6) is 0 Å². The molecule has 0 aliphatic rings. The second kappa shape index (κ2) is 9.82. The number of benzene rings is 2. The number of aromatic nitrogens is 3. The van der Waals surface area contributed by atoms with Crippen molar-refractivity contribution in [2.75, 3.05) is 0 Å². The highest BCUT2D eigenvalue weighted by Gasteiger charge is 2.34. The van der Waals surface area contributed by atoms with Crippen LogP contribution in [-0.4, -0.2) is 15.0 Å². The number of rotatable bonds is 4. The highest BCUT2D eigenvalue weighted by Crippen LogP contribution is 2.40. The average Bonchev–Trinajstić information content (AvgIpc) is 2.71. The molecule has 162 valence electrons. The molecule has 0 atom stereocenters. The van der Waals surface area contributed by atoms with Gasteiger partial charge in [0, 0.05) is 5.56 Å². The van der Waals surface area contributed by atoms with E-state index in [0.717, 1.165) is 11.1 Å². The van der Waals surface area contributed by atoms with Crippen LogP contribution in [0.15, 0.2) is 48.5 Å². The Kier molecular flexibility index (Phi) is 7.79. The summed E-state index contributed by atoms with van der Waals surface area (Å²) >= 11 is 35.6. The Balaban J connectivity index is 1.87. The second-order valence-electron chi connectivity index (χ2n) is 7.08. The zero-order valence-electron chi connectivity index (χ0n) is 16.5. The van der Waals surface area contributed by atoms with E-state index >= 15 is 0 Å². The molecule has 9 heteroatoms. The van der Waals surface area contributed by atoms with E-state index < -0.39 is 7.59 Å². The lowest BCUT2D eigenvalue weighted by Crippen LogP contribution is -2.16. The Morgan fingerprint density at radius 3 is 1.45 bits per heavy atom. The van der Waals surface area contributed by atoms with Gasteiger partial charge in [-0.2, -0.15) is 0 Å². The lowest BCUT2D eigenvalue weighted by Gasteiger charge is -2.15. The van der Waals surface area contributed by atoms with Gasteiger partial charge in [-0.05, 0) is 22.6 Å². The summed E-state index contributed by atoms with van der Waals surface area (Å²) in [4.78, 5) is 12.4. The van der Waals surface area contributed by atoms with Crippen molar-refractivity contribution >= 4 is 81.8 Å². The first-order chi connectivity index (χ1) is 14.4. The first-order valence-corrected chi connectivity index (χ1v) is 11.5. The van der Waals surface area contributed by atoms with Crippen molar-refractivity contribution in [1.29, 1.82) is 0 Å². The standard InChI is InChI=1S/C22H17Cl6N3/c1-13(2)16-9-5-14(6-10-16)3-4-15-7-11-17(12-8-15)18-29-19(21(23,24)25)31-20(30-18)22(26,27)28/h3-13H,1-2H3. The van der Waals surface area contributed by atoms with Crippen molar-refractivity contribution in [3.05, 3.63) is 76.9 Å². The molecule has 3 aromatic rings. The number of hydrogen-bond acceptors (Lipinski definition) is 3. The van der Waals surface area contributed by atoms with E-state index in [2.05, 4.69) is 53.1 Å². The van der Waals surface area contributed by atoms with Gasteiger partial charge in [-0.1, -0.05) is 144 Å². The lowest BCUT2D eigenvalue weighted by molar-refractivity contribution is 0.851. The van der Waals surface area contributed by atoms with Crippen molar-refractivity contribution in [2.45, 2.75) is 27.4 Å². The summed E-state index contributed by atoms with van der Waals surface area (Å²) in [5.41, 5.74) is 4.08. The quantitative estimate of drug-likeness (QED) is 0.248. The predicted molar refractivity (Wildman–Crippen MR) is 133 cm³/mol. The van der Waals surface area contributed by atoms with Gasteiger partial charge in [0.15, 0.2) is 17.5 Å². The van der Waals surface area contributed by atoms with Gasteiger partial charge in [-0.3, -0.25) is 0 Å². The van der Waals surface area contributed by atoms with Gasteiger partial charge >= 0.3 is 0 Å². The highest BCUT2D eigenvalue weighted by atomic mass is 35.6. The number of hydrogen-bond donors (Lipinski definition) is 0. The van der Waals surface area contributed by atoms with Crippen molar-refractivity contribution in [1.82, 2.24) is 15.0 Å². The van der Waals surface area contributed by atoms with Crippen LogP contribution in [-0.2, 0) is 7.59 Å². The van der Waals surface area contributed by atoms with E-state index in [1.165, 1.54) is 5.56 Å². The molecule has 1 aromatic heterocycles. The number of alkyl halides is 6. The SMILES string of the molecule is CC(C)c1ccc(C=Cc2ccc(-c3nc(C(Cl)(Cl)Cl)nc(C(Cl)(Cl)Cl)n3)cc2)cc1. The summed E-state index contributed by atoms with van der Waals surface area (Å²) in [6.45, 7) is 4.34. The molecule has 0 saturated carbocycles. The van der Waals surface area contributed by atoms with E-state index in [0.29, 0.717) is 11.5 Å². The zero-order valence-corrected chi connectivity index (χ0v) is 21.0. The Morgan fingerprint density at radius 2 is 1.06 bits per heavy atom. The smallest absolute Gasteiger partial charge is 0.209 e. The molecule has 0 spiro atoms. The van der Waals surface area contributed by atoms with Crippen molar-refractivity contribution in [3.8, 4) is 11.4 Å². The minimum atomic E-state index is -1.89. The largest absolute Gasteiger partial charge is 0.250 e. The molecule has 0 N–H and O–H groups in total. The molecule has 3 rings (SSSR count). The molecule has 2 aromatic carbocycles. The normalized spacial score (nSPS) is 12.7. The summed E-state index contributed by atoms with van der Waals surface area (Å²) in [7, 11) is 0. The van der Waals surface area contributed by atoms with Gasteiger partial charge in [0.1, 0.15) is 0 Å². The van der Waals surface area contributed by atoms with E-state index in [4.69, 9.17) is 69.6 Å². The van der Waals surface area contributed by atoms with Crippen LogP contribution in [0.4, 0.5) is 0 Å². The molecule has 31 heavy (non-hydrogen) atoms. The maximum atomic E-state index is 5.93. The molecule has 0 bridgehead atoms. The molecule has 3 nitrogen and oxygen atoms in total. The van der Waals surface area contributed by atoms with Crippen LogP contribution in [0.1, 0.15) is 48.1 Å². The minimum Gasteiger partial charge on any atom is -0.209 e. The molecule has 0 amide bonds. The van der Waals surface area contributed by atoms with Crippen molar-refractivity contribution in [3.63, 3.8) is 0 Å². The molecular weight excluding hydrogens is 519 g/mol. The third kappa shape index (κ3) is 6.71. The van der Waals surface area contributed by atoms with Crippen LogP contribution < -0.4 is 0 Å². The van der Waals surface area contributed by atoms with Crippen molar-refractivity contribution < 1.29 is 0 Å². The maximum Gasteiger partial charge on any atom is 0.250 e. The molecule has 0 saturated heterocycles. The molecule has 0 fully saturated rings. The summed E-state index contributed by atoms with van der Waals surface area (Å²) < 4.78 is -3.79. The second-order valence-corrected chi connectivity index (χ2v) is 11.6. The van der Waals surface area contributed by atoms with Crippen LogP contribution >= 0.6 is 69.6 Å². The van der Waals surface area contributed by atoms with Gasteiger partial charge in [0.05, 0.1) is 0 Å². The number of nitrogens with zero attached hydrogens (tertiary/aromatic N) is 3. The topological polar surface area (TPSA) is 38.7 Å². The van der Waals surface area contributed by atoms with Gasteiger partial charge in [-0.25, -0.2) is 15.0 Å². The van der Waals surface area contributed by atoms with Crippen molar-refractivity contribution in [2.24, 2.45) is 0 Å². The fraction of sp³-hybridized carbons (Fsp3) is 0.227. The first-order valence-electron chi connectivity index (χ1n) is 9.22. The molecule has 0 unspecified atom stereocenters. The molecular formula is C22H17Cl6N3. The van der Waals surface area contributed by atoms with Crippen LogP contribution in [0.2, 0.25) is 0 Å². The Hall–Kier alpha value is -1.07. The van der Waals surface area contributed by atoms with Crippen LogP contribution in [0, 0.1) is 0 Å². The van der Waals surface area contributed by atoms with E-state index in [1.54, 1.807) is 0 Å². The summed E-state index contributed by atoms with van der Waals surface area (Å²) in [5.74, 6) is 0.484. The third-order valence-corrected chi connectivity index (χ3v) is 5.40. The first kappa shape index (κ1) is 24.6. The predicted octanol–water partition coefficient (Wildman–Crippen LogP) is 8.49. The van der Waals surface area contributed by atoms with E-state index in [-0.39, 0.29) is 17.5 Å². The van der Waals surface area contributed by atoms with Crippen LogP contribution in [0.25, 0.3) is 23.5 Å². The average molecular weight is 536 g/mol. The third-order valence-electron chi connectivity index (χ3n) is 4.38. The fourth-order valence-electron chi connectivity index (χ4n) is 2.69. The highest BCUT2D eigenvalue weighted by molar-refractivity contribution is 6.67. The Bertz CT molecular complexity index is 1030. The van der Waals surface area contributed by atoms with Gasteiger partial charge in [-0.15, -0.1) is 0 Å². The summed E-state index contributed by atoms with van der Waals surface area (Å²) in [6.07, 6.45) is 4.06. The Labute approximate surface area is 211 Å². The number of halogens is 6. The molecule has 0 radical (unpaired) electrons. The van der Waals surface area contributed by atoms with Gasteiger partial charge in [0.2, 0.25) is 7.59 Å². The monoisotopic (exact) mass is 533 g/mol. The van der Waals surface area contributed by atoms with Crippen LogP contribution in [0.3, 0.4) is 0 Å². The van der Waals surface area contributed by atoms with Gasteiger partial charge in [0.25, 0.3) is 0 Å². The molecule has 0 aliphatic heterocycles. The fourth-order valence-corrected chi connectivity index (χ4v) is 3.19. The van der Waals surface area contributed by atoms with E-state index in [9.17, 15) is 0 Å². The van der Waals surface area contributed by atoms with Gasteiger partial charge < -0.3 is 0 Å². The summed E-state index contributed by atoms with van der Waals surface area (Å²) in [5, 5.41) is 0. The zero-order chi connectivity index (χ0) is 22.8. The lowest BCUT2D eigenvalue weighted by atomic mass is 10.0. The van der Waals surface area contributed by atoms with E-state index in [1.807, 2.05) is 36.4 Å². The minimum absolute atomic E-state index is 0.127. The molecule has 0 aliphatic carbocycles. The molecule has 1 heterocycles. The Morgan fingerprint density at radius 1 is 0.645 bits per heavy atom.